The van der Waals surface area contributed by atoms with E-state index < -0.39 is 5.76 Å². The van der Waals surface area contributed by atoms with Gasteiger partial charge in [0.2, 0.25) is 0 Å². The molecule has 0 atom stereocenters. The van der Waals surface area contributed by atoms with E-state index in [1.165, 1.54) is 9.47 Å². The Bertz CT molecular complexity index is 911. The predicted molar refractivity (Wildman–Crippen MR) is 89.8 cm³/mol. The first-order valence-electron chi connectivity index (χ1n) is 7.49. The summed E-state index contributed by atoms with van der Waals surface area (Å²) < 4.78 is 6.27. The first-order valence-corrected chi connectivity index (χ1v) is 7.49. The van der Waals surface area contributed by atoms with Gasteiger partial charge in [-0.05, 0) is 17.7 Å². The highest BCUT2D eigenvalue weighted by Crippen LogP contribution is 2.17. The van der Waals surface area contributed by atoms with Crippen LogP contribution in [0.3, 0.4) is 0 Å². The summed E-state index contributed by atoms with van der Waals surface area (Å²) in [7, 11) is 3.40. The third-order valence-corrected chi connectivity index (χ3v) is 3.64. The molecule has 2 aromatic carbocycles. The van der Waals surface area contributed by atoms with Crippen molar-refractivity contribution >= 4 is 5.91 Å². The molecule has 6 heteroatoms. The summed E-state index contributed by atoms with van der Waals surface area (Å²) in [4.78, 5) is 25.6. The highest BCUT2D eigenvalue weighted by molar-refractivity contribution is 5.94. The van der Waals surface area contributed by atoms with Crippen LogP contribution in [0.2, 0.25) is 0 Å². The summed E-state index contributed by atoms with van der Waals surface area (Å²) in [5, 5.41) is 3.87. The van der Waals surface area contributed by atoms with Crippen LogP contribution in [0.15, 0.2) is 63.9 Å². The molecule has 0 unspecified atom stereocenters. The molecule has 0 spiro atoms. The standard InChI is InChI=1S/C18H17N3O3/c1-20(2)17(22)15-10-6-7-13(11-15)12-21-16(19-24-18(21)23)14-8-4-3-5-9-14/h3-11H,12H2,1-2H3. The second-order valence-electron chi connectivity index (χ2n) is 5.62. The van der Waals surface area contributed by atoms with E-state index in [-0.39, 0.29) is 12.5 Å². The summed E-state index contributed by atoms with van der Waals surface area (Å²) in [6, 6.07) is 16.5. The zero-order chi connectivity index (χ0) is 17.1. The minimum Gasteiger partial charge on any atom is -0.345 e. The molecule has 0 N–H and O–H groups in total. The summed E-state index contributed by atoms with van der Waals surface area (Å²) in [6.07, 6.45) is 0. The zero-order valence-corrected chi connectivity index (χ0v) is 13.5. The fraction of sp³-hybridized carbons (Fsp3) is 0.167. The number of aromatic nitrogens is 2. The van der Waals surface area contributed by atoms with Crippen LogP contribution in [0.5, 0.6) is 0 Å². The number of rotatable bonds is 4. The van der Waals surface area contributed by atoms with E-state index in [2.05, 4.69) is 5.16 Å². The number of nitrogens with zero attached hydrogens (tertiary/aromatic N) is 3. The quantitative estimate of drug-likeness (QED) is 0.738. The van der Waals surface area contributed by atoms with Crippen molar-refractivity contribution in [1.82, 2.24) is 14.6 Å². The van der Waals surface area contributed by atoms with Gasteiger partial charge in [0.05, 0.1) is 6.54 Å². The minimum absolute atomic E-state index is 0.0854. The van der Waals surface area contributed by atoms with Crippen LogP contribution in [0.25, 0.3) is 11.4 Å². The number of amides is 1. The number of carbonyl (C=O) groups excluding carboxylic acids is 1. The Morgan fingerprint density at radius 3 is 2.58 bits per heavy atom. The average Bonchev–Trinajstić information content (AvgIpc) is 2.96. The van der Waals surface area contributed by atoms with Crippen LogP contribution < -0.4 is 5.76 Å². The normalized spacial score (nSPS) is 10.6. The molecule has 1 aromatic heterocycles. The predicted octanol–water partition coefficient (Wildman–Crippen LogP) is 2.25. The SMILES string of the molecule is CN(C)C(=O)c1cccc(Cn2c(-c3ccccc3)noc2=O)c1. The van der Waals surface area contributed by atoms with Gasteiger partial charge in [-0.15, -0.1) is 0 Å². The second kappa shape index (κ2) is 6.54. The van der Waals surface area contributed by atoms with E-state index in [4.69, 9.17) is 4.52 Å². The molecule has 0 aliphatic heterocycles. The number of hydrogen-bond acceptors (Lipinski definition) is 4. The third kappa shape index (κ3) is 3.12. The monoisotopic (exact) mass is 323 g/mol. The maximum absolute atomic E-state index is 12.1. The Morgan fingerprint density at radius 1 is 1.12 bits per heavy atom. The van der Waals surface area contributed by atoms with Crippen LogP contribution in [-0.4, -0.2) is 34.6 Å². The molecular formula is C18H17N3O3. The lowest BCUT2D eigenvalue weighted by Gasteiger charge is -2.11. The molecule has 122 valence electrons. The topological polar surface area (TPSA) is 68.3 Å². The minimum atomic E-state index is -0.529. The van der Waals surface area contributed by atoms with Crippen LogP contribution in [0.1, 0.15) is 15.9 Å². The van der Waals surface area contributed by atoms with Gasteiger partial charge < -0.3 is 4.90 Å². The van der Waals surface area contributed by atoms with Gasteiger partial charge in [0.1, 0.15) is 0 Å². The van der Waals surface area contributed by atoms with E-state index in [1.807, 2.05) is 36.4 Å². The molecule has 1 amide bonds. The molecule has 3 aromatic rings. The number of hydrogen-bond donors (Lipinski definition) is 0. The molecular weight excluding hydrogens is 306 g/mol. The van der Waals surface area contributed by atoms with Gasteiger partial charge in [-0.1, -0.05) is 47.6 Å². The molecule has 0 bridgehead atoms. The fourth-order valence-electron chi connectivity index (χ4n) is 2.45. The van der Waals surface area contributed by atoms with Gasteiger partial charge in [0.25, 0.3) is 5.91 Å². The molecule has 0 aliphatic carbocycles. The van der Waals surface area contributed by atoms with Crippen molar-refractivity contribution in [2.45, 2.75) is 6.54 Å². The second-order valence-corrected chi connectivity index (χ2v) is 5.62. The molecule has 0 aliphatic rings. The third-order valence-electron chi connectivity index (χ3n) is 3.64. The van der Waals surface area contributed by atoms with Crippen molar-refractivity contribution in [2.24, 2.45) is 0 Å². The first kappa shape index (κ1) is 15.7. The van der Waals surface area contributed by atoms with Crippen molar-refractivity contribution in [2.75, 3.05) is 14.1 Å². The Balaban J connectivity index is 1.96. The van der Waals surface area contributed by atoms with E-state index >= 15 is 0 Å². The van der Waals surface area contributed by atoms with Crippen LogP contribution in [0.4, 0.5) is 0 Å². The molecule has 1 heterocycles. The maximum atomic E-state index is 12.1. The largest absolute Gasteiger partial charge is 0.442 e. The number of benzene rings is 2. The smallest absolute Gasteiger partial charge is 0.345 e. The molecule has 24 heavy (non-hydrogen) atoms. The Kier molecular flexibility index (Phi) is 4.29. The van der Waals surface area contributed by atoms with Crippen molar-refractivity contribution in [1.29, 1.82) is 0 Å². The van der Waals surface area contributed by atoms with E-state index in [0.29, 0.717) is 11.4 Å². The fourth-order valence-corrected chi connectivity index (χ4v) is 2.45. The van der Waals surface area contributed by atoms with Gasteiger partial charge >= 0.3 is 5.76 Å². The lowest BCUT2D eigenvalue weighted by Crippen LogP contribution is -2.22. The van der Waals surface area contributed by atoms with Gasteiger partial charge in [0, 0.05) is 25.2 Å². The zero-order valence-electron chi connectivity index (χ0n) is 13.5. The van der Waals surface area contributed by atoms with Crippen molar-refractivity contribution in [3.63, 3.8) is 0 Å². The average molecular weight is 323 g/mol. The van der Waals surface area contributed by atoms with Crippen LogP contribution >= 0.6 is 0 Å². The van der Waals surface area contributed by atoms with Crippen LogP contribution in [-0.2, 0) is 6.54 Å². The molecule has 3 rings (SSSR count). The van der Waals surface area contributed by atoms with E-state index in [9.17, 15) is 9.59 Å². The van der Waals surface area contributed by atoms with Crippen molar-refractivity contribution < 1.29 is 9.32 Å². The first-order chi connectivity index (χ1) is 11.6. The highest BCUT2D eigenvalue weighted by atomic mass is 16.5. The lowest BCUT2D eigenvalue weighted by molar-refractivity contribution is 0.0827. The lowest BCUT2D eigenvalue weighted by atomic mass is 10.1. The summed E-state index contributed by atoms with van der Waals surface area (Å²) in [5.74, 6) is -0.152. The van der Waals surface area contributed by atoms with Crippen molar-refractivity contribution in [3.8, 4) is 11.4 Å². The summed E-state index contributed by atoms with van der Waals surface area (Å²) >= 11 is 0. The van der Waals surface area contributed by atoms with Gasteiger partial charge in [-0.3, -0.25) is 13.9 Å². The van der Waals surface area contributed by atoms with Crippen molar-refractivity contribution in [3.05, 3.63) is 76.3 Å². The van der Waals surface area contributed by atoms with E-state index in [1.54, 1.807) is 32.3 Å². The molecule has 0 saturated carbocycles. The molecule has 6 nitrogen and oxygen atoms in total. The highest BCUT2D eigenvalue weighted by Gasteiger charge is 2.14. The summed E-state index contributed by atoms with van der Waals surface area (Å²) in [5.41, 5.74) is 2.19. The van der Waals surface area contributed by atoms with Gasteiger partial charge in [0.15, 0.2) is 5.82 Å². The van der Waals surface area contributed by atoms with E-state index in [0.717, 1.165) is 11.1 Å². The molecule has 0 fully saturated rings. The Morgan fingerprint density at radius 2 is 1.88 bits per heavy atom. The number of carbonyl (C=O) groups is 1. The van der Waals surface area contributed by atoms with Gasteiger partial charge in [-0.25, -0.2) is 4.79 Å². The van der Waals surface area contributed by atoms with Gasteiger partial charge in [-0.2, -0.15) is 0 Å². The maximum Gasteiger partial charge on any atom is 0.442 e. The summed E-state index contributed by atoms with van der Waals surface area (Å²) in [6.45, 7) is 0.279. The molecule has 0 saturated heterocycles. The Labute approximate surface area is 138 Å². The van der Waals surface area contributed by atoms with Crippen LogP contribution in [0, 0.1) is 0 Å². The Hall–Kier alpha value is -3.15. The molecule has 0 radical (unpaired) electrons.